The van der Waals surface area contributed by atoms with Crippen molar-refractivity contribution in [2.45, 2.75) is 35.9 Å². The van der Waals surface area contributed by atoms with Gasteiger partial charge in [-0.05, 0) is 35.9 Å². The van der Waals surface area contributed by atoms with Crippen molar-refractivity contribution in [2.24, 2.45) is 0 Å². The van der Waals surface area contributed by atoms with E-state index in [1.165, 1.54) is 48.5 Å². The standard InChI is InChI=1S/C20H21ClN2O7S/c21-13-2-1-3-16(9-13)31(29,30)23-11-15(25)10-18(23)19(26)22-17(20(27)28)8-12-4-6-14(24)7-5-12/h1-7,9,15,17-18,24-25H,8,10-11H2,(H,22,26)(H,27,28)/t15-,17?,18?/m1/s1. The Kier molecular flexibility index (Phi) is 6.85. The number of benzene rings is 2. The van der Waals surface area contributed by atoms with E-state index in [1.54, 1.807) is 0 Å². The van der Waals surface area contributed by atoms with Crippen molar-refractivity contribution < 1.29 is 33.3 Å². The smallest absolute Gasteiger partial charge is 0.326 e. The van der Waals surface area contributed by atoms with E-state index in [1.807, 2.05) is 0 Å². The van der Waals surface area contributed by atoms with Crippen LogP contribution in [0.3, 0.4) is 0 Å². The first-order valence-electron chi connectivity index (χ1n) is 9.34. The van der Waals surface area contributed by atoms with Gasteiger partial charge in [0.05, 0.1) is 11.0 Å². The predicted octanol–water partition coefficient (Wildman–Crippen LogP) is 0.982. The van der Waals surface area contributed by atoms with E-state index < -0.39 is 40.1 Å². The molecule has 0 spiro atoms. The molecule has 0 aromatic heterocycles. The number of aromatic hydroxyl groups is 1. The van der Waals surface area contributed by atoms with Crippen molar-refractivity contribution in [1.29, 1.82) is 0 Å². The van der Waals surface area contributed by atoms with Crippen LogP contribution in [0.2, 0.25) is 5.02 Å². The number of carbonyl (C=O) groups excluding carboxylic acids is 1. The van der Waals surface area contributed by atoms with Gasteiger partial charge in [-0.15, -0.1) is 0 Å². The van der Waals surface area contributed by atoms with Gasteiger partial charge in [0.15, 0.2) is 0 Å². The lowest BCUT2D eigenvalue weighted by atomic mass is 10.0. The molecule has 1 aliphatic heterocycles. The second kappa shape index (κ2) is 9.23. The van der Waals surface area contributed by atoms with Crippen LogP contribution < -0.4 is 5.32 Å². The van der Waals surface area contributed by atoms with Crippen LogP contribution in [0.5, 0.6) is 5.75 Å². The summed E-state index contributed by atoms with van der Waals surface area (Å²) in [6.45, 7) is -0.303. The Hall–Kier alpha value is -2.66. The molecule has 1 heterocycles. The SMILES string of the molecule is O=C(O)C(Cc1ccc(O)cc1)NC(=O)C1C[C@@H](O)CN1S(=O)(=O)c1cccc(Cl)c1. The van der Waals surface area contributed by atoms with Crippen molar-refractivity contribution in [3.05, 3.63) is 59.1 Å². The van der Waals surface area contributed by atoms with E-state index in [4.69, 9.17) is 11.6 Å². The van der Waals surface area contributed by atoms with Gasteiger partial charge in [-0.1, -0.05) is 29.8 Å². The number of nitrogens with one attached hydrogen (secondary N) is 1. The second-order valence-electron chi connectivity index (χ2n) is 7.21. The second-order valence-corrected chi connectivity index (χ2v) is 9.53. The zero-order chi connectivity index (χ0) is 22.8. The van der Waals surface area contributed by atoms with Crippen molar-refractivity contribution in [3.8, 4) is 5.75 Å². The number of phenolic OH excluding ortho intramolecular Hbond substituents is 1. The Bertz CT molecular complexity index is 1080. The Balaban J connectivity index is 1.81. The first-order chi connectivity index (χ1) is 14.6. The number of hydrogen-bond acceptors (Lipinski definition) is 6. The van der Waals surface area contributed by atoms with Gasteiger partial charge in [-0.2, -0.15) is 4.31 Å². The third-order valence-corrected chi connectivity index (χ3v) is 7.04. The maximum Gasteiger partial charge on any atom is 0.326 e. The maximum absolute atomic E-state index is 13.0. The normalized spacial score (nSPS) is 20.3. The van der Waals surface area contributed by atoms with Gasteiger partial charge in [-0.25, -0.2) is 13.2 Å². The van der Waals surface area contributed by atoms with Gasteiger partial charge in [0.1, 0.15) is 17.8 Å². The highest BCUT2D eigenvalue weighted by Crippen LogP contribution is 2.28. The molecule has 3 rings (SSSR count). The number of sulfonamides is 1. The molecule has 2 aromatic rings. The minimum absolute atomic E-state index is 0.0152. The quantitative estimate of drug-likeness (QED) is 0.474. The zero-order valence-corrected chi connectivity index (χ0v) is 17.8. The maximum atomic E-state index is 13.0. The molecule has 31 heavy (non-hydrogen) atoms. The lowest BCUT2D eigenvalue weighted by Gasteiger charge is -2.25. The van der Waals surface area contributed by atoms with E-state index >= 15 is 0 Å². The molecule has 2 aromatic carbocycles. The molecule has 0 saturated carbocycles. The third kappa shape index (κ3) is 5.34. The minimum Gasteiger partial charge on any atom is -0.508 e. The molecule has 0 bridgehead atoms. The summed E-state index contributed by atoms with van der Waals surface area (Å²) in [7, 11) is -4.16. The van der Waals surface area contributed by atoms with Gasteiger partial charge in [-0.3, -0.25) is 4.79 Å². The number of rotatable bonds is 7. The molecule has 11 heteroatoms. The van der Waals surface area contributed by atoms with Gasteiger partial charge in [0, 0.05) is 24.4 Å². The Morgan fingerprint density at radius 2 is 1.87 bits per heavy atom. The Labute approximate surface area is 183 Å². The van der Waals surface area contributed by atoms with Crippen LogP contribution in [0, 0.1) is 0 Å². The number of carbonyl (C=O) groups is 2. The average molecular weight is 469 g/mol. The Morgan fingerprint density at radius 1 is 1.19 bits per heavy atom. The number of halogens is 1. The number of carboxylic acids is 1. The van der Waals surface area contributed by atoms with Crippen LogP contribution >= 0.6 is 11.6 Å². The number of aliphatic carboxylic acids is 1. The third-order valence-electron chi connectivity index (χ3n) is 4.93. The summed E-state index contributed by atoms with van der Waals surface area (Å²) in [5, 5.41) is 31.5. The molecule has 0 aliphatic carbocycles. The molecule has 1 fully saturated rings. The van der Waals surface area contributed by atoms with E-state index in [0.717, 1.165) is 4.31 Å². The van der Waals surface area contributed by atoms with Crippen molar-refractivity contribution >= 4 is 33.5 Å². The summed E-state index contributed by atoms with van der Waals surface area (Å²) in [6, 6.07) is 8.74. The monoisotopic (exact) mass is 468 g/mol. The average Bonchev–Trinajstić information content (AvgIpc) is 3.11. The molecule has 0 radical (unpaired) electrons. The van der Waals surface area contributed by atoms with Gasteiger partial charge in [0.25, 0.3) is 0 Å². The van der Waals surface area contributed by atoms with Crippen LogP contribution in [0.25, 0.3) is 0 Å². The van der Waals surface area contributed by atoms with E-state index in [-0.39, 0.29) is 35.1 Å². The van der Waals surface area contributed by atoms with E-state index in [2.05, 4.69) is 5.32 Å². The molecule has 4 N–H and O–H groups in total. The molecule has 1 aliphatic rings. The number of phenols is 1. The number of nitrogens with zero attached hydrogens (tertiary/aromatic N) is 1. The summed E-state index contributed by atoms with van der Waals surface area (Å²) in [5.74, 6) is -2.11. The molecule has 3 atom stereocenters. The van der Waals surface area contributed by atoms with Gasteiger partial charge in [0.2, 0.25) is 15.9 Å². The predicted molar refractivity (Wildman–Crippen MR) is 111 cm³/mol. The fourth-order valence-electron chi connectivity index (χ4n) is 3.39. The minimum atomic E-state index is -4.16. The summed E-state index contributed by atoms with van der Waals surface area (Å²) in [4.78, 5) is 24.4. The Morgan fingerprint density at radius 3 is 2.48 bits per heavy atom. The van der Waals surface area contributed by atoms with Crippen molar-refractivity contribution in [1.82, 2.24) is 9.62 Å². The summed E-state index contributed by atoms with van der Waals surface area (Å²) in [5.41, 5.74) is 0.556. The van der Waals surface area contributed by atoms with E-state index in [9.17, 15) is 33.3 Å². The largest absolute Gasteiger partial charge is 0.508 e. The fourth-order valence-corrected chi connectivity index (χ4v) is 5.32. The highest BCUT2D eigenvalue weighted by atomic mass is 35.5. The molecule has 1 saturated heterocycles. The number of aliphatic hydroxyl groups excluding tert-OH is 1. The lowest BCUT2D eigenvalue weighted by molar-refractivity contribution is -0.142. The number of hydrogen-bond donors (Lipinski definition) is 4. The molecular weight excluding hydrogens is 448 g/mol. The van der Waals surface area contributed by atoms with Crippen LogP contribution in [0.15, 0.2) is 53.4 Å². The van der Waals surface area contributed by atoms with E-state index in [0.29, 0.717) is 5.56 Å². The number of amides is 1. The van der Waals surface area contributed by atoms with Crippen molar-refractivity contribution in [3.63, 3.8) is 0 Å². The number of aliphatic hydroxyl groups is 1. The topological polar surface area (TPSA) is 144 Å². The highest BCUT2D eigenvalue weighted by Gasteiger charge is 2.44. The van der Waals surface area contributed by atoms with Crippen LogP contribution in [0.4, 0.5) is 0 Å². The molecule has 9 nitrogen and oxygen atoms in total. The summed E-state index contributed by atoms with van der Waals surface area (Å²) < 4.78 is 26.9. The zero-order valence-electron chi connectivity index (χ0n) is 16.2. The van der Waals surface area contributed by atoms with Gasteiger partial charge < -0.3 is 20.6 Å². The fraction of sp³-hybridized carbons (Fsp3) is 0.300. The summed E-state index contributed by atoms with van der Waals surface area (Å²) >= 11 is 5.88. The lowest BCUT2D eigenvalue weighted by Crippen LogP contribution is -2.51. The number of carboxylic acid groups (broad SMARTS) is 1. The highest BCUT2D eigenvalue weighted by molar-refractivity contribution is 7.89. The first-order valence-corrected chi connectivity index (χ1v) is 11.2. The molecule has 166 valence electrons. The molecule has 2 unspecified atom stereocenters. The van der Waals surface area contributed by atoms with Crippen molar-refractivity contribution in [2.75, 3.05) is 6.54 Å². The molecular formula is C20H21ClN2O7S. The number of β-amino-alcohol motifs (C(OH)–C–C–N with tert-alkyl or cyclic N) is 1. The molecule has 1 amide bonds. The van der Waals surface area contributed by atoms with Crippen LogP contribution in [-0.4, -0.2) is 64.7 Å². The van der Waals surface area contributed by atoms with Gasteiger partial charge >= 0.3 is 5.97 Å². The van der Waals surface area contributed by atoms with Crippen LogP contribution in [0.1, 0.15) is 12.0 Å². The summed E-state index contributed by atoms with van der Waals surface area (Å²) in [6.07, 6.45) is -1.32. The van der Waals surface area contributed by atoms with Crippen LogP contribution in [-0.2, 0) is 26.0 Å². The first kappa shape index (κ1) is 23.0.